The van der Waals surface area contributed by atoms with Crippen molar-refractivity contribution in [2.75, 3.05) is 0 Å². The van der Waals surface area contributed by atoms with Crippen molar-refractivity contribution in [3.05, 3.63) is 30.6 Å². The zero-order valence-corrected chi connectivity index (χ0v) is 9.82. The SMILES string of the molecule is Cn1c[n+](C)c2ccccc21.O.[I-]. The van der Waals surface area contributed by atoms with E-state index < -0.39 is 0 Å². The molecule has 4 heteroatoms. The molecule has 2 aromatic rings. The molecule has 0 amide bonds. The summed E-state index contributed by atoms with van der Waals surface area (Å²) in [6, 6.07) is 8.36. The molecule has 0 atom stereocenters. The highest BCUT2D eigenvalue weighted by atomic mass is 127. The Morgan fingerprint density at radius 1 is 1.23 bits per heavy atom. The number of benzene rings is 1. The summed E-state index contributed by atoms with van der Waals surface area (Å²) in [5, 5.41) is 0. The predicted octanol–water partition coefficient (Wildman–Crippen LogP) is -2.82. The number of aromatic nitrogens is 2. The highest BCUT2D eigenvalue weighted by Crippen LogP contribution is 2.07. The lowest BCUT2D eigenvalue weighted by Crippen LogP contribution is -3.00. The molecule has 1 heterocycles. The van der Waals surface area contributed by atoms with E-state index in [1.165, 1.54) is 11.0 Å². The molecule has 13 heavy (non-hydrogen) atoms. The Balaban J connectivity index is 0.000000720. The predicted molar refractivity (Wildman–Crippen MR) is 47.7 cm³/mol. The molecule has 0 aliphatic heterocycles. The molecule has 0 fully saturated rings. The molecule has 0 aliphatic carbocycles. The topological polar surface area (TPSA) is 40.3 Å². The van der Waals surface area contributed by atoms with Gasteiger partial charge in [0, 0.05) is 0 Å². The van der Waals surface area contributed by atoms with Gasteiger partial charge in [-0.2, -0.15) is 0 Å². The lowest BCUT2D eigenvalue weighted by Gasteiger charge is -1.84. The third-order valence-electron chi connectivity index (χ3n) is 1.99. The van der Waals surface area contributed by atoms with Crippen LogP contribution in [-0.2, 0) is 14.1 Å². The standard InChI is InChI=1S/C9H11N2.HI.H2O/c1-10-7-11(2)9-6-4-3-5-8(9)10;;/h3-7H,1-2H3;1H;1H2/q+1;;/p-1. The van der Waals surface area contributed by atoms with Gasteiger partial charge in [-0.1, -0.05) is 12.1 Å². The molecular formula is C9H13IN2O. The Morgan fingerprint density at radius 2 is 1.85 bits per heavy atom. The summed E-state index contributed by atoms with van der Waals surface area (Å²) >= 11 is 0. The van der Waals surface area contributed by atoms with Gasteiger partial charge in [0.05, 0.1) is 14.1 Å². The van der Waals surface area contributed by atoms with Crippen LogP contribution in [0.2, 0.25) is 0 Å². The fourth-order valence-corrected chi connectivity index (χ4v) is 1.44. The number of fused-ring (bicyclic) bond motifs is 1. The van der Waals surface area contributed by atoms with Crippen molar-refractivity contribution in [1.29, 1.82) is 0 Å². The van der Waals surface area contributed by atoms with Crippen LogP contribution in [0.15, 0.2) is 30.6 Å². The fourth-order valence-electron chi connectivity index (χ4n) is 1.44. The minimum Gasteiger partial charge on any atom is -1.00 e. The maximum absolute atomic E-state index is 2.12. The zero-order valence-electron chi connectivity index (χ0n) is 7.66. The third kappa shape index (κ3) is 2.00. The average Bonchev–Trinajstić information content (AvgIpc) is 2.30. The Hall–Kier alpha value is -0.620. The molecule has 0 bridgehead atoms. The molecule has 1 aromatic carbocycles. The van der Waals surface area contributed by atoms with Crippen molar-refractivity contribution in [3.63, 3.8) is 0 Å². The van der Waals surface area contributed by atoms with Gasteiger partial charge < -0.3 is 29.5 Å². The number of para-hydroxylation sites is 2. The Bertz CT molecular complexity index is 361. The van der Waals surface area contributed by atoms with E-state index in [0.29, 0.717) is 0 Å². The van der Waals surface area contributed by atoms with Crippen LogP contribution in [0, 0.1) is 0 Å². The first kappa shape index (κ1) is 12.4. The van der Waals surface area contributed by atoms with Gasteiger partial charge in [0.2, 0.25) is 6.33 Å². The number of rotatable bonds is 0. The number of halogens is 1. The normalized spacial score (nSPS) is 9.08. The second kappa shape index (κ2) is 4.57. The molecular weight excluding hydrogens is 279 g/mol. The first-order valence-corrected chi connectivity index (χ1v) is 3.69. The highest BCUT2D eigenvalue weighted by Gasteiger charge is 2.06. The largest absolute Gasteiger partial charge is 1.00 e. The van der Waals surface area contributed by atoms with Gasteiger partial charge >= 0.3 is 0 Å². The van der Waals surface area contributed by atoms with Crippen LogP contribution in [0.4, 0.5) is 0 Å². The molecule has 0 saturated heterocycles. The maximum Gasteiger partial charge on any atom is 0.244 e. The van der Waals surface area contributed by atoms with Gasteiger partial charge in [0.1, 0.15) is 0 Å². The van der Waals surface area contributed by atoms with Crippen LogP contribution >= 0.6 is 0 Å². The van der Waals surface area contributed by atoms with Crippen molar-refractivity contribution in [3.8, 4) is 0 Å². The molecule has 0 aliphatic rings. The molecule has 2 rings (SSSR count). The summed E-state index contributed by atoms with van der Waals surface area (Å²) in [6.07, 6.45) is 2.07. The highest BCUT2D eigenvalue weighted by molar-refractivity contribution is 5.71. The van der Waals surface area contributed by atoms with E-state index in [0.717, 1.165) is 0 Å². The molecule has 2 N–H and O–H groups in total. The van der Waals surface area contributed by atoms with E-state index in [1.807, 2.05) is 0 Å². The van der Waals surface area contributed by atoms with Crippen LogP contribution in [0.3, 0.4) is 0 Å². The van der Waals surface area contributed by atoms with Gasteiger partial charge in [0.15, 0.2) is 11.0 Å². The van der Waals surface area contributed by atoms with Crippen molar-refractivity contribution in [1.82, 2.24) is 4.57 Å². The summed E-state index contributed by atoms with van der Waals surface area (Å²) in [6.45, 7) is 0. The Morgan fingerprint density at radius 3 is 2.46 bits per heavy atom. The smallest absolute Gasteiger partial charge is 0.244 e. The lowest BCUT2D eigenvalue weighted by molar-refractivity contribution is -0.645. The molecule has 72 valence electrons. The number of nitrogens with zero attached hydrogens (tertiary/aromatic N) is 2. The molecule has 1 aromatic heterocycles. The molecule has 0 unspecified atom stereocenters. The number of hydrogen-bond acceptors (Lipinski definition) is 0. The van der Waals surface area contributed by atoms with E-state index >= 15 is 0 Å². The van der Waals surface area contributed by atoms with Crippen molar-refractivity contribution >= 4 is 11.0 Å². The average molecular weight is 292 g/mol. The summed E-state index contributed by atoms with van der Waals surface area (Å²) in [7, 11) is 4.12. The summed E-state index contributed by atoms with van der Waals surface area (Å²) in [5.74, 6) is 0. The summed E-state index contributed by atoms with van der Waals surface area (Å²) in [5.41, 5.74) is 2.55. The number of hydrogen-bond donors (Lipinski definition) is 0. The first-order valence-electron chi connectivity index (χ1n) is 3.69. The second-order valence-electron chi connectivity index (χ2n) is 2.83. The van der Waals surface area contributed by atoms with Crippen molar-refractivity contribution < 1.29 is 34.0 Å². The van der Waals surface area contributed by atoms with E-state index in [2.05, 4.69) is 53.8 Å². The Kier molecular flexibility index (Phi) is 4.35. The van der Waals surface area contributed by atoms with Crippen LogP contribution in [0.5, 0.6) is 0 Å². The Labute approximate surface area is 94.3 Å². The third-order valence-corrected chi connectivity index (χ3v) is 1.99. The van der Waals surface area contributed by atoms with Gasteiger partial charge in [-0.15, -0.1) is 0 Å². The van der Waals surface area contributed by atoms with Crippen LogP contribution in [0.1, 0.15) is 0 Å². The van der Waals surface area contributed by atoms with Crippen molar-refractivity contribution in [2.45, 2.75) is 0 Å². The van der Waals surface area contributed by atoms with Gasteiger partial charge in [-0.3, -0.25) is 0 Å². The second-order valence-corrected chi connectivity index (χ2v) is 2.83. The van der Waals surface area contributed by atoms with Crippen LogP contribution in [-0.4, -0.2) is 10.0 Å². The maximum atomic E-state index is 2.12. The van der Waals surface area contributed by atoms with E-state index in [-0.39, 0.29) is 29.5 Å². The van der Waals surface area contributed by atoms with Crippen LogP contribution < -0.4 is 28.5 Å². The minimum absolute atomic E-state index is 0. The van der Waals surface area contributed by atoms with E-state index in [9.17, 15) is 0 Å². The van der Waals surface area contributed by atoms with E-state index in [4.69, 9.17) is 0 Å². The lowest BCUT2D eigenvalue weighted by atomic mass is 10.3. The summed E-state index contributed by atoms with van der Waals surface area (Å²) < 4.78 is 4.24. The molecule has 0 saturated carbocycles. The monoisotopic (exact) mass is 292 g/mol. The quantitative estimate of drug-likeness (QED) is 0.371. The first-order chi connectivity index (χ1) is 5.29. The summed E-state index contributed by atoms with van der Waals surface area (Å²) in [4.78, 5) is 0. The molecule has 0 radical (unpaired) electrons. The molecule has 3 nitrogen and oxygen atoms in total. The fraction of sp³-hybridized carbons (Fsp3) is 0.222. The minimum atomic E-state index is 0. The van der Waals surface area contributed by atoms with E-state index in [1.54, 1.807) is 0 Å². The number of imidazole rings is 1. The van der Waals surface area contributed by atoms with Gasteiger partial charge in [-0.25, -0.2) is 9.13 Å². The molecule has 0 spiro atoms. The zero-order chi connectivity index (χ0) is 7.84. The number of aryl methyl sites for hydroxylation is 2. The van der Waals surface area contributed by atoms with Crippen LogP contribution in [0.25, 0.3) is 11.0 Å². The van der Waals surface area contributed by atoms with Gasteiger partial charge in [0.25, 0.3) is 0 Å². The van der Waals surface area contributed by atoms with Gasteiger partial charge in [-0.05, 0) is 12.1 Å². The van der Waals surface area contributed by atoms with Crippen molar-refractivity contribution in [2.24, 2.45) is 14.1 Å².